The van der Waals surface area contributed by atoms with Gasteiger partial charge in [-0.05, 0) is 49.6 Å². The Morgan fingerprint density at radius 2 is 1.96 bits per heavy atom. The van der Waals surface area contributed by atoms with E-state index < -0.39 is 0 Å². The number of aryl methyl sites for hydroxylation is 1. The predicted octanol–water partition coefficient (Wildman–Crippen LogP) is 4.13. The van der Waals surface area contributed by atoms with Crippen molar-refractivity contribution in [3.8, 4) is 0 Å². The zero-order valence-electron chi connectivity index (χ0n) is 15.0. The van der Waals surface area contributed by atoms with Crippen molar-refractivity contribution in [3.63, 3.8) is 0 Å². The van der Waals surface area contributed by atoms with Crippen LogP contribution in [0, 0.1) is 12.7 Å². The van der Waals surface area contributed by atoms with E-state index in [-0.39, 0.29) is 5.82 Å². The van der Waals surface area contributed by atoms with Gasteiger partial charge >= 0.3 is 0 Å². The molecule has 0 fully saturated rings. The van der Waals surface area contributed by atoms with Gasteiger partial charge in [0.1, 0.15) is 5.82 Å². The maximum Gasteiger partial charge on any atom is 0.244 e. The molecule has 1 aromatic heterocycles. The van der Waals surface area contributed by atoms with Gasteiger partial charge in [0.15, 0.2) is 5.82 Å². The lowest BCUT2D eigenvalue weighted by molar-refractivity contribution is 0.610. The van der Waals surface area contributed by atoms with Crippen LogP contribution in [0.5, 0.6) is 0 Å². The van der Waals surface area contributed by atoms with E-state index in [0.29, 0.717) is 24.5 Å². The molecule has 0 saturated carbocycles. The van der Waals surface area contributed by atoms with Crippen LogP contribution >= 0.6 is 0 Å². The van der Waals surface area contributed by atoms with Crippen LogP contribution in [0.15, 0.2) is 54.7 Å². The Balaban J connectivity index is 1.70. The molecule has 6 heteroatoms. The van der Waals surface area contributed by atoms with Crippen LogP contribution in [0.25, 0.3) is 0 Å². The summed E-state index contributed by atoms with van der Waals surface area (Å²) < 4.78 is 13.7. The first-order valence-electron chi connectivity index (χ1n) is 8.68. The van der Waals surface area contributed by atoms with E-state index in [4.69, 9.17) is 0 Å². The molecule has 0 atom stereocenters. The number of hydrogen-bond acceptors (Lipinski definition) is 5. The molecule has 0 aliphatic heterocycles. The monoisotopic (exact) mass is 351 g/mol. The number of nitrogens with one attached hydrogen (secondary N) is 1. The molecule has 26 heavy (non-hydrogen) atoms. The summed E-state index contributed by atoms with van der Waals surface area (Å²) in [4.78, 5) is 6.62. The Morgan fingerprint density at radius 3 is 2.73 bits per heavy atom. The third-order valence-corrected chi connectivity index (χ3v) is 4.09. The predicted molar refractivity (Wildman–Crippen MR) is 102 cm³/mol. The molecule has 0 aliphatic rings. The smallest absolute Gasteiger partial charge is 0.244 e. The first-order chi connectivity index (χ1) is 12.7. The van der Waals surface area contributed by atoms with E-state index in [0.717, 1.165) is 18.1 Å². The van der Waals surface area contributed by atoms with Crippen molar-refractivity contribution in [2.45, 2.75) is 20.3 Å². The van der Waals surface area contributed by atoms with Crippen LogP contribution in [-0.4, -0.2) is 28.3 Å². The maximum atomic E-state index is 13.7. The number of rotatable bonds is 7. The summed E-state index contributed by atoms with van der Waals surface area (Å²) in [6.45, 7) is 5.42. The third-order valence-electron chi connectivity index (χ3n) is 4.09. The quantitative estimate of drug-likeness (QED) is 0.693. The number of hydrogen-bond donors (Lipinski definition) is 1. The summed E-state index contributed by atoms with van der Waals surface area (Å²) in [5, 5.41) is 11.2. The molecule has 1 heterocycles. The molecule has 3 rings (SSSR count). The molecule has 0 bridgehead atoms. The Labute approximate surface area is 152 Å². The highest BCUT2D eigenvalue weighted by atomic mass is 19.1. The fourth-order valence-electron chi connectivity index (χ4n) is 2.78. The third kappa shape index (κ3) is 4.33. The van der Waals surface area contributed by atoms with Gasteiger partial charge in [-0.2, -0.15) is 10.1 Å². The number of anilines is 3. The fraction of sp³-hybridized carbons (Fsp3) is 0.250. The Hall–Kier alpha value is -3.02. The average molecular weight is 351 g/mol. The number of nitrogens with zero attached hydrogens (tertiary/aromatic N) is 4. The molecule has 0 saturated heterocycles. The maximum absolute atomic E-state index is 13.7. The van der Waals surface area contributed by atoms with Gasteiger partial charge in [0.2, 0.25) is 5.95 Å². The second kappa shape index (κ2) is 8.38. The summed E-state index contributed by atoms with van der Waals surface area (Å²) in [6, 6.07) is 15.0. The normalized spacial score (nSPS) is 10.6. The van der Waals surface area contributed by atoms with Crippen LogP contribution in [0.3, 0.4) is 0 Å². The number of aromatic nitrogens is 3. The first kappa shape index (κ1) is 17.8. The molecule has 0 unspecified atom stereocenters. The van der Waals surface area contributed by atoms with Gasteiger partial charge in [0, 0.05) is 18.8 Å². The highest BCUT2D eigenvalue weighted by Gasteiger charge is 2.11. The summed E-state index contributed by atoms with van der Waals surface area (Å²) in [5.74, 6) is 0.963. The molecular formula is C20H22FN5. The number of halogens is 1. The van der Waals surface area contributed by atoms with Crippen molar-refractivity contribution in [3.05, 3.63) is 71.7 Å². The molecular weight excluding hydrogens is 329 g/mol. The summed E-state index contributed by atoms with van der Waals surface area (Å²) in [7, 11) is 0. The summed E-state index contributed by atoms with van der Waals surface area (Å²) in [6.07, 6.45) is 2.20. The largest absolute Gasteiger partial charge is 0.353 e. The lowest BCUT2D eigenvalue weighted by atomic mass is 10.1. The summed E-state index contributed by atoms with van der Waals surface area (Å²) >= 11 is 0. The average Bonchev–Trinajstić information content (AvgIpc) is 2.64. The minimum absolute atomic E-state index is 0.196. The molecule has 0 amide bonds. The van der Waals surface area contributed by atoms with E-state index in [9.17, 15) is 4.39 Å². The standard InChI is InChI=1S/C20H22FN5/c1-3-26(17-9-6-7-15(2)13-17)19-14-23-25-20(24-19)22-12-11-16-8-4-5-10-18(16)21/h4-10,13-14H,3,11-12H2,1-2H3,(H,22,24,25). The van der Waals surface area contributed by atoms with Crippen LogP contribution in [0.2, 0.25) is 0 Å². The summed E-state index contributed by atoms with van der Waals surface area (Å²) in [5.41, 5.74) is 2.91. The van der Waals surface area contributed by atoms with Crippen LogP contribution in [0.4, 0.5) is 21.8 Å². The lowest BCUT2D eigenvalue weighted by Crippen LogP contribution is -2.19. The van der Waals surface area contributed by atoms with E-state index in [1.165, 1.54) is 11.6 Å². The minimum atomic E-state index is -0.196. The van der Waals surface area contributed by atoms with Crippen molar-refractivity contribution < 1.29 is 4.39 Å². The first-order valence-corrected chi connectivity index (χ1v) is 8.68. The van der Waals surface area contributed by atoms with Crippen molar-refractivity contribution in [2.24, 2.45) is 0 Å². The van der Waals surface area contributed by atoms with Crippen LogP contribution < -0.4 is 10.2 Å². The molecule has 5 nitrogen and oxygen atoms in total. The lowest BCUT2D eigenvalue weighted by Gasteiger charge is -2.22. The highest BCUT2D eigenvalue weighted by molar-refractivity contribution is 5.60. The molecule has 0 spiro atoms. The Kier molecular flexibility index (Phi) is 5.73. The van der Waals surface area contributed by atoms with E-state index in [1.54, 1.807) is 18.3 Å². The zero-order chi connectivity index (χ0) is 18.4. The van der Waals surface area contributed by atoms with E-state index in [2.05, 4.69) is 51.4 Å². The zero-order valence-corrected chi connectivity index (χ0v) is 15.0. The second-order valence-corrected chi connectivity index (χ2v) is 5.99. The van der Waals surface area contributed by atoms with Gasteiger partial charge in [-0.25, -0.2) is 4.39 Å². The topological polar surface area (TPSA) is 53.9 Å². The van der Waals surface area contributed by atoms with Gasteiger partial charge < -0.3 is 10.2 Å². The molecule has 3 aromatic rings. The van der Waals surface area contributed by atoms with Crippen molar-refractivity contribution in [1.29, 1.82) is 0 Å². The van der Waals surface area contributed by atoms with Crippen molar-refractivity contribution >= 4 is 17.5 Å². The van der Waals surface area contributed by atoms with E-state index >= 15 is 0 Å². The van der Waals surface area contributed by atoms with Crippen molar-refractivity contribution in [2.75, 3.05) is 23.3 Å². The molecule has 0 aliphatic carbocycles. The second-order valence-electron chi connectivity index (χ2n) is 5.99. The fourth-order valence-corrected chi connectivity index (χ4v) is 2.78. The molecule has 2 aromatic carbocycles. The van der Waals surface area contributed by atoms with Gasteiger partial charge in [-0.3, -0.25) is 0 Å². The SMILES string of the molecule is CCN(c1cccc(C)c1)c1cnnc(NCCc2ccccc2F)n1. The minimum Gasteiger partial charge on any atom is -0.353 e. The van der Waals surface area contributed by atoms with Gasteiger partial charge in [-0.1, -0.05) is 30.3 Å². The molecule has 1 N–H and O–H groups in total. The molecule has 0 radical (unpaired) electrons. The van der Waals surface area contributed by atoms with Crippen LogP contribution in [-0.2, 0) is 6.42 Å². The Bertz CT molecular complexity index is 868. The highest BCUT2D eigenvalue weighted by Crippen LogP contribution is 2.23. The number of benzene rings is 2. The van der Waals surface area contributed by atoms with Crippen LogP contribution in [0.1, 0.15) is 18.1 Å². The van der Waals surface area contributed by atoms with Gasteiger partial charge in [-0.15, -0.1) is 5.10 Å². The molecule has 134 valence electrons. The Morgan fingerprint density at radius 1 is 1.12 bits per heavy atom. The van der Waals surface area contributed by atoms with Gasteiger partial charge in [0.05, 0.1) is 6.20 Å². The van der Waals surface area contributed by atoms with Crippen molar-refractivity contribution in [1.82, 2.24) is 15.2 Å². The van der Waals surface area contributed by atoms with E-state index in [1.807, 2.05) is 18.2 Å². The van der Waals surface area contributed by atoms with Gasteiger partial charge in [0.25, 0.3) is 0 Å².